The van der Waals surface area contributed by atoms with Gasteiger partial charge in [-0.2, -0.15) is 0 Å². The van der Waals surface area contributed by atoms with Crippen LogP contribution in [0, 0.1) is 5.92 Å². The summed E-state index contributed by atoms with van der Waals surface area (Å²) in [7, 11) is 2.04. The highest BCUT2D eigenvalue weighted by molar-refractivity contribution is 5.78. The summed E-state index contributed by atoms with van der Waals surface area (Å²) in [6.45, 7) is 4.54. The third kappa shape index (κ3) is 3.08. The highest BCUT2D eigenvalue weighted by atomic mass is 14.9. The lowest BCUT2D eigenvalue weighted by Crippen LogP contribution is -2.17. The number of pyridine rings is 1. The third-order valence-corrected chi connectivity index (χ3v) is 3.41. The maximum atomic E-state index is 4.43. The van der Waals surface area contributed by atoms with Crippen molar-refractivity contribution in [3.8, 4) is 0 Å². The number of nitrogens with one attached hydrogen (secondary N) is 1. The molecule has 1 heterocycles. The van der Waals surface area contributed by atoms with Gasteiger partial charge in [-0.15, -0.1) is 0 Å². The standard InChI is InChI=1S/C16H22N2/c1-12(2)6-9-15(17-3)14-8-7-13-5-4-10-18-16(13)11-14/h4-5,7-8,10-12,15,17H,6,9H2,1-3H3. The van der Waals surface area contributed by atoms with Gasteiger partial charge >= 0.3 is 0 Å². The van der Waals surface area contributed by atoms with Gasteiger partial charge in [-0.05, 0) is 43.5 Å². The van der Waals surface area contributed by atoms with Crippen LogP contribution in [0.3, 0.4) is 0 Å². The minimum atomic E-state index is 0.429. The summed E-state index contributed by atoms with van der Waals surface area (Å²) in [5, 5.41) is 4.62. The van der Waals surface area contributed by atoms with E-state index in [1.54, 1.807) is 0 Å². The van der Waals surface area contributed by atoms with Crippen molar-refractivity contribution in [1.82, 2.24) is 10.3 Å². The Bertz CT molecular complexity index is 505. The van der Waals surface area contributed by atoms with Crippen molar-refractivity contribution in [1.29, 1.82) is 0 Å². The fourth-order valence-electron chi connectivity index (χ4n) is 2.28. The number of nitrogens with zero attached hydrogens (tertiary/aromatic N) is 1. The van der Waals surface area contributed by atoms with Crippen LogP contribution in [0.5, 0.6) is 0 Å². The zero-order valence-electron chi connectivity index (χ0n) is 11.5. The first-order chi connectivity index (χ1) is 8.70. The molecule has 2 aromatic rings. The molecule has 1 unspecified atom stereocenters. The number of rotatable bonds is 5. The van der Waals surface area contributed by atoms with Crippen LogP contribution in [-0.4, -0.2) is 12.0 Å². The van der Waals surface area contributed by atoms with E-state index >= 15 is 0 Å². The molecule has 0 aliphatic heterocycles. The molecule has 0 saturated carbocycles. The maximum absolute atomic E-state index is 4.43. The Morgan fingerprint density at radius 1 is 1.17 bits per heavy atom. The highest BCUT2D eigenvalue weighted by Crippen LogP contribution is 2.23. The summed E-state index contributed by atoms with van der Waals surface area (Å²) in [5.74, 6) is 0.749. The topological polar surface area (TPSA) is 24.9 Å². The van der Waals surface area contributed by atoms with Crippen molar-refractivity contribution in [2.24, 2.45) is 5.92 Å². The minimum Gasteiger partial charge on any atom is -0.313 e. The third-order valence-electron chi connectivity index (χ3n) is 3.41. The van der Waals surface area contributed by atoms with Crippen LogP contribution in [0.2, 0.25) is 0 Å². The summed E-state index contributed by atoms with van der Waals surface area (Å²) < 4.78 is 0. The predicted octanol–water partition coefficient (Wildman–Crippen LogP) is 3.93. The van der Waals surface area contributed by atoms with E-state index in [0.717, 1.165) is 11.4 Å². The van der Waals surface area contributed by atoms with Crippen LogP contribution >= 0.6 is 0 Å². The molecule has 1 aromatic carbocycles. The van der Waals surface area contributed by atoms with Gasteiger partial charge < -0.3 is 5.32 Å². The summed E-state index contributed by atoms with van der Waals surface area (Å²) >= 11 is 0. The van der Waals surface area contributed by atoms with Crippen molar-refractivity contribution >= 4 is 10.9 Å². The molecule has 2 nitrogen and oxygen atoms in total. The van der Waals surface area contributed by atoms with Crippen LogP contribution in [-0.2, 0) is 0 Å². The van der Waals surface area contributed by atoms with Gasteiger partial charge in [0.2, 0.25) is 0 Å². The molecule has 1 atom stereocenters. The Labute approximate surface area is 109 Å². The molecule has 2 heteroatoms. The Morgan fingerprint density at radius 2 is 2.00 bits per heavy atom. The molecule has 18 heavy (non-hydrogen) atoms. The quantitative estimate of drug-likeness (QED) is 0.859. The van der Waals surface area contributed by atoms with Gasteiger partial charge in [0.25, 0.3) is 0 Å². The molecule has 0 aliphatic rings. The average Bonchev–Trinajstić information content (AvgIpc) is 2.39. The number of aromatic nitrogens is 1. The van der Waals surface area contributed by atoms with E-state index < -0.39 is 0 Å². The molecule has 1 N–H and O–H groups in total. The van der Waals surface area contributed by atoms with Crippen molar-refractivity contribution in [3.05, 3.63) is 42.1 Å². The molecular weight excluding hydrogens is 220 g/mol. The van der Waals surface area contributed by atoms with Crippen molar-refractivity contribution in [2.45, 2.75) is 32.7 Å². The number of benzene rings is 1. The van der Waals surface area contributed by atoms with E-state index in [1.165, 1.54) is 23.8 Å². The van der Waals surface area contributed by atoms with Crippen molar-refractivity contribution < 1.29 is 0 Å². The second-order valence-electron chi connectivity index (χ2n) is 5.27. The smallest absolute Gasteiger partial charge is 0.0705 e. The number of hydrogen-bond acceptors (Lipinski definition) is 2. The van der Waals surface area contributed by atoms with Gasteiger partial charge in [0.05, 0.1) is 5.52 Å². The van der Waals surface area contributed by atoms with Gasteiger partial charge in [-0.25, -0.2) is 0 Å². The molecule has 0 saturated heterocycles. The molecular formula is C16H22N2. The molecule has 96 valence electrons. The Kier molecular flexibility index (Phi) is 4.32. The first-order valence-corrected chi connectivity index (χ1v) is 6.72. The van der Waals surface area contributed by atoms with Crippen LogP contribution in [0.1, 0.15) is 38.3 Å². The van der Waals surface area contributed by atoms with Crippen LogP contribution in [0.25, 0.3) is 10.9 Å². The van der Waals surface area contributed by atoms with Crippen LogP contribution < -0.4 is 5.32 Å². The molecule has 0 radical (unpaired) electrons. The van der Waals surface area contributed by atoms with Gasteiger partial charge in [-0.3, -0.25) is 4.98 Å². The summed E-state index contributed by atoms with van der Waals surface area (Å²) in [4.78, 5) is 4.43. The van der Waals surface area contributed by atoms with E-state index in [0.29, 0.717) is 6.04 Å². The van der Waals surface area contributed by atoms with Crippen LogP contribution in [0.4, 0.5) is 0 Å². The zero-order valence-corrected chi connectivity index (χ0v) is 11.5. The molecule has 2 rings (SSSR count). The van der Waals surface area contributed by atoms with E-state index in [-0.39, 0.29) is 0 Å². The van der Waals surface area contributed by atoms with E-state index in [1.807, 2.05) is 19.3 Å². The van der Waals surface area contributed by atoms with Crippen LogP contribution in [0.15, 0.2) is 36.5 Å². The predicted molar refractivity (Wildman–Crippen MR) is 77.6 cm³/mol. The zero-order chi connectivity index (χ0) is 13.0. The van der Waals surface area contributed by atoms with Crippen molar-refractivity contribution in [3.63, 3.8) is 0 Å². The lowest BCUT2D eigenvalue weighted by molar-refractivity contribution is 0.465. The first-order valence-electron chi connectivity index (χ1n) is 6.72. The van der Waals surface area contributed by atoms with E-state index in [2.05, 4.69) is 48.4 Å². The monoisotopic (exact) mass is 242 g/mol. The van der Waals surface area contributed by atoms with Crippen molar-refractivity contribution in [2.75, 3.05) is 7.05 Å². The second-order valence-corrected chi connectivity index (χ2v) is 5.27. The minimum absolute atomic E-state index is 0.429. The molecule has 1 aromatic heterocycles. The summed E-state index contributed by atoms with van der Waals surface area (Å²) in [6.07, 6.45) is 4.27. The lowest BCUT2D eigenvalue weighted by atomic mass is 9.97. The van der Waals surface area contributed by atoms with Gasteiger partial charge in [-0.1, -0.05) is 32.0 Å². The van der Waals surface area contributed by atoms with E-state index in [9.17, 15) is 0 Å². The SMILES string of the molecule is CNC(CCC(C)C)c1ccc2cccnc2c1. The Morgan fingerprint density at radius 3 is 2.72 bits per heavy atom. The fourth-order valence-corrected chi connectivity index (χ4v) is 2.28. The summed E-state index contributed by atoms with van der Waals surface area (Å²) in [5.41, 5.74) is 2.42. The highest BCUT2D eigenvalue weighted by Gasteiger charge is 2.10. The second kappa shape index (κ2) is 5.96. The normalized spacial score (nSPS) is 13.1. The lowest BCUT2D eigenvalue weighted by Gasteiger charge is -2.18. The average molecular weight is 242 g/mol. The summed E-state index contributed by atoms with van der Waals surface area (Å²) in [6, 6.07) is 11.1. The molecule has 0 fully saturated rings. The Hall–Kier alpha value is -1.41. The van der Waals surface area contributed by atoms with E-state index in [4.69, 9.17) is 0 Å². The molecule has 0 spiro atoms. The number of fused-ring (bicyclic) bond motifs is 1. The van der Waals surface area contributed by atoms with Gasteiger partial charge in [0.15, 0.2) is 0 Å². The number of hydrogen-bond donors (Lipinski definition) is 1. The fraction of sp³-hybridized carbons (Fsp3) is 0.438. The molecule has 0 amide bonds. The Balaban J connectivity index is 2.22. The van der Waals surface area contributed by atoms with Gasteiger partial charge in [0, 0.05) is 17.6 Å². The maximum Gasteiger partial charge on any atom is 0.0705 e. The van der Waals surface area contributed by atoms with Gasteiger partial charge in [0.1, 0.15) is 0 Å². The molecule has 0 aliphatic carbocycles. The largest absolute Gasteiger partial charge is 0.313 e. The first kappa shape index (κ1) is 13.0. The molecule has 0 bridgehead atoms.